The van der Waals surface area contributed by atoms with Crippen LogP contribution in [0.2, 0.25) is 0 Å². The predicted molar refractivity (Wildman–Crippen MR) is 40.6 cm³/mol. The highest BCUT2D eigenvalue weighted by molar-refractivity contribution is 5.48. The van der Waals surface area contributed by atoms with E-state index in [0.717, 1.165) is 38.6 Å². The van der Waals surface area contributed by atoms with Crippen molar-refractivity contribution in [3.63, 3.8) is 0 Å². The molecule has 1 aliphatic heterocycles. The molecule has 0 spiro atoms. The summed E-state index contributed by atoms with van der Waals surface area (Å²) in [5.41, 5.74) is 0. The number of amides is 1. The maximum absolute atomic E-state index is 10.5. The summed E-state index contributed by atoms with van der Waals surface area (Å²) < 4.78 is 0. The van der Waals surface area contributed by atoms with Crippen molar-refractivity contribution >= 4 is 6.41 Å². The van der Waals surface area contributed by atoms with E-state index in [1.165, 1.54) is 0 Å². The van der Waals surface area contributed by atoms with E-state index in [9.17, 15) is 4.79 Å². The molecule has 1 rings (SSSR count). The van der Waals surface area contributed by atoms with Crippen molar-refractivity contribution in [1.29, 1.82) is 5.26 Å². The fourth-order valence-corrected chi connectivity index (χ4v) is 1.40. The average Bonchev–Trinajstić information content (AvgIpc) is 2.27. The Labute approximate surface area is 66.6 Å². The highest BCUT2D eigenvalue weighted by Crippen LogP contribution is 2.13. The van der Waals surface area contributed by atoms with Gasteiger partial charge in [0.1, 0.15) is 6.04 Å². The van der Waals surface area contributed by atoms with Gasteiger partial charge in [0.15, 0.2) is 0 Å². The first-order chi connectivity index (χ1) is 5.38. The summed E-state index contributed by atoms with van der Waals surface area (Å²) in [6.45, 7) is 0.752. The second-order valence-electron chi connectivity index (χ2n) is 2.84. The first kappa shape index (κ1) is 8.06. The average molecular weight is 152 g/mol. The van der Waals surface area contributed by atoms with Crippen molar-refractivity contribution in [1.82, 2.24) is 4.90 Å². The molecule has 0 radical (unpaired) electrons. The van der Waals surface area contributed by atoms with Gasteiger partial charge in [0.25, 0.3) is 0 Å². The monoisotopic (exact) mass is 152 g/mol. The number of hydrogen-bond donors (Lipinski definition) is 0. The molecule has 3 heteroatoms. The van der Waals surface area contributed by atoms with Crippen LogP contribution >= 0.6 is 0 Å². The smallest absolute Gasteiger partial charge is 0.210 e. The third kappa shape index (κ3) is 1.94. The zero-order valence-electron chi connectivity index (χ0n) is 6.49. The van der Waals surface area contributed by atoms with Crippen LogP contribution in [0.1, 0.15) is 25.7 Å². The quantitative estimate of drug-likeness (QED) is 0.524. The van der Waals surface area contributed by atoms with Crippen LogP contribution in [0.5, 0.6) is 0 Å². The Morgan fingerprint density at radius 1 is 1.45 bits per heavy atom. The van der Waals surface area contributed by atoms with E-state index in [2.05, 4.69) is 6.07 Å². The van der Waals surface area contributed by atoms with Crippen molar-refractivity contribution in [3.05, 3.63) is 0 Å². The van der Waals surface area contributed by atoms with Gasteiger partial charge in [0, 0.05) is 6.54 Å². The molecule has 0 aromatic heterocycles. The van der Waals surface area contributed by atoms with Gasteiger partial charge in [0.05, 0.1) is 6.07 Å². The highest BCUT2D eigenvalue weighted by Gasteiger charge is 2.17. The lowest BCUT2D eigenvalue weighted by atomic mass is 10.1. The first-order valence-electron chi connectivity index (χ1n) is 3.99. The van der Waals surface area contributed by atoms with Crippen molar-refractivity contribution in [3.8, 4) is 6.07 Å². The van der Waals surface area contributed by atoms with E-state index >= 15 is 0 Å². The second kappa shape index (κ2) is 3.97. The molecule has 1 fully saturated rings. The van der Waals surface area contributed by atoms with Gasteiger partial charge < -0.3 is 4.90 Å². The molecule has 0 saturated carbocycles. The Morgan fingerprint density at radius 2 is 2.27 bits per heavy atom. The van der Waals surface area contributed by atoms with E-state index in [-0.39, 0.29) is 6.04 Å². The third-order valence-corrected chi connectivity index (χ3v) is 2.08. The van der Waals surface area contributed by atoms with Gasteiger partial charge >= 0.3 is 0 Å². The zero-order chi connectivity index (χ0) is 8.10. The molecule has 1 heterocycles. The van der Waals surface area contributed by atoms with Crippen LogP contribution in [0, 0.1) is 11.3 Å². The topological polar surface area (TPSA) is 44.1 Å². The summed E-state index contributed by atoms with van der Waals surface area (Å²) in [6, 6.07) is 1.97. The molecule has 1 saturated heterocycles. The molecule has 0 aromatic rings. The van der Waals surface area contributed by atoms with Crippen LogP contribution in [0.15, 0.2) is 0 Å². The van der Waals surface area contributed by atoms with Gasteiger partial charge in [0.2, 0.25) is 6.41 Å². The SMILES string of the molecule is N#CC1CCCCCN1C=O. The molecular formula is C8H12N2O. The number of rotatable bonds is 1. The fraction of sp³-hybridized carbons (Fsp3) is 0.750. The Kier molecular flexibility index (Phi) is 2.91. The lowest BCUT2D eigenvalue weighted by Gasteiger charge is -2.18. The van der Waals surface area contributed by atoms with Crippen LogP contribution in [0.3, 0.4) is 0 Å². The van der Waals surface area contributed by atoms with Gasteiger partial charge in [-0.2, -0.15) is 5.26 Å². The molecule has 1 unspecified atom stereocenters. The molecule has 0 N–H and O–H groups in total. The zero-order valence-corrected chi connectivity index (χ0v) is 6.49. The number of carbonyl (C=O) groups is 1. The van der Waals surface area contributed by atoms with Gasteiger partial charge in [-0.25, -0.2) is 0 Å². The Balaban J connectivity index is 2.56. The number of hydrogen-bond acceptors (Lipinski definition) is 2. The number of nitriles is 1. The highest BCUT2D eigenvalue weighted by atomic mass is 16.1. The molecule has 0 aromatic carbocycles. The van der Waals surface area contributed by atoms with Gasteiger partial charge in [-0.05, 0) is 12.8 Å². The first-order valence-corrected chi connectivity index (χ1v) is 3.99. The van der Waals surface area contributed by atoms with Gasteiger partial charge in [-0.15, -0.1) is 0 Å². The Morgan fingerprint density at radius 3 is 2.91 bits per heavy atom. The summed E-state index contributed by atoms with van der Waals surface area (Å²) in [5.74, 6) is 0. The van der Waals surface area contributed by atoms with E-state index in [1.54, 1.807) is 4.90 Å². The molecule has 1 amide bonds. The van der Waals surface area contributed by atoms with Crippen LogP contribution in [-0.4, -0.2) is 23.9 Å². The van der Waals surface area contributed by atoms with E-state index in [4.69, 9.17) is 5.26 Å². The minimum absolute atomic E-state index is 0.171. The molecule has 0 bridgehead atoms. The Hall–Kier alpha value is -1.04. The summed E-state index contributed by atoms with van der Waals surface area (Å²) >= 11 is 0. The fourth-order valence-electron chi connectivity index (χ4n) is 1.40. The molecule has 0 aliphatic carbocycles. The minimum atomic E-state index is -0.171. The third-order valence-electron chi connectivity index (χ3n) is 2.08. The standard InChI is InChI=1S/C8H12N2O/c9-6-8-4-2-1-3-5-10(8)7-11/h7-8H,1-5H2. The lowest BCUT2D eigenvalue weighted by molar-refractivity contribution is -0.119. The minimum Gasteiger partial charge on any atom is -0.329 e. The number of likely N-dealkylation sites (tertiary alicyclic amines) is 1. The van der Waals surface area contributed by atoms with Crippen LogP contribution < -0.4 is 0 Å². The van der Waals surface area contributed by atoms with E-state index in [0.29, 0.717) is 0 Å². The maximum atomic E-state index is 10.5. The van der Waals surface area contributed by atoms with Crippen molar-refractivity contribution in [2.45, 2.75) is 31.7 Å². The van der Waals surface area contributed by atoms with Crippen LogP contribution in [-0.2, 0) is 4.79 Å². The molecule has 11 heavy (non-hydrogen) atoms. The second-order valence-corrected chi connectivity index (χ2v) is 2.84. The molecule has 60 valence electrons. The number of nitrogens with zero attached hydrogens (tertiary/aromatic N) is 2. The van der Waals surface area contributed by atoms with Gasteiger partial charge in [-0.3, -0.25) is 4.79 Å². The van der Waals surface area contributed by atoms with Crippen molar-refractivity contribution in [2.24, 2.45) is 0 Å². The summed E-state index contributed by atoms with van der Waals surface area (Å²) in [4.78, 5) is 12.1. The van der Waals surface area contributed by atoms with Crippen LogP contribution in [0.25, 0.3) is 0 Å². The summed E-state index contributed by atoms with van der Waals surface area (Å²) in [5, 5.41) is 8.67. The maximum Gasteiger partial charge on any atom is 0.210 e. The lowest BCUT2D eigenvalue weighted by Crippen LogP contribution is -2.32. The van der Waals surface area contributed by atoms with E-state index < -0.39 is 0 Å². The van der Waals surface area contributed by atoms with Crippen molar-refractivity contribution in [2.75, 3.05) is 6.54 Å². The largest absolute Gasteiger partial charge is 0.329 e. The number of carbonyl (C=O) groups excluding carboxylic acids is 1. The van der Waals surface area contributed by atoms with Crippen LogP contribution in [0.4, 0.5) is 0 Å². The molecule has 1 aliphatic rings. The summed E-state index contributed by atoms with van der Waals surface area (Å²) in [6.07, 6.45) is 4.89. The Bertz CT molecular complexity index is 173. The summed E-state index contributed by atoms with van der Waals surface area (Å²) in [7, 11) is 0. The van der Waals surface area contributed by atoms with E-state index in [1.807, 2.05) is 0 Å². The van der Waals surface area contributed by atoms with Gasteiger partial charge in [-0.1, -0.05) is 12.8 Å². The normalized spacial score (nSPS) is 25.4. The molecule has 1 atom stereocenters. The molecular weight excluding hydrogens is 140 g/mol. The predicted octanol–water partition coefficient (Wildman–Crippen LogP) is 0.911. The molecule has 3 nitrogen and oxygen atoms in total. The van der Waals surface area contributed by atoms with Crippen molar-refractivity contribution < 1.29 is 4.79 Å².